The lowest BCUT2D eigenvalue weighted by Crippen LogP contribution is -2.17. The molecule has 0 saturated heterocycles. The van der Waals surface area contributed by atoms with Gasteiger partial charge in [0.05, 0.1) is 11.7 Å². The van der Waals surface area contributed by atoms with Crippen LogP contribution in [-0.2, 0) is 6.42 Å². The topological polar surface area (TPSA) is 32.3 Å². The van der Waals surface area contributed by atoms with Gasteiger partial charge in [0.2, 0.25) is 0 Å². The third-order valence-electron chi connectivity index (χ3n) is 3.70. The minimum atomic E-state index is -0.251. The van der Waals surface area contributed by atoms with E-state index in [1.807, 2.05) is 6.07 Å². The summed E-state index contributed by atoms with van der Waals surface area (Å²) in [5, 5.41) is 12.8. The van der Waals surface area contributed by atoms with Crippen molar-refractivity contribution in [3.8, 4) is 5.75 Å². The van der Waals surface area contributed by atoms with Crippen molar-refractivity contribution in [2.75, 3.05) is 5.32 Å². The van der Waals surface area contributed by atoms with Crippen LogP contribution in [0.25, 0.3) is 0 Å². The third kappa shape index (κ3) is 2.66. The number of hydrogen-bond acceptors (Lipinski definition) is 2. The molecule has 3 rings (SSSR count). The number of anilines is 1. The van der Waals surface area contributed by atoms with E-state index in [2.05, 4.69) is 21.2 Å². The molecule has 1 atom stereocenters. The summed E-state index contributed by atoms with van der Waals surface area (Å²) in [7, 11) is 0. The standard InChI is InChI=1S/C16H15BrFNO/c17-11-4-7-14(18)16(9-11)19-15-3-1-2-10-8-12(20)5-6-13(10)15/h4-9,15,19-20H,1-3H2. The second-order valence-corrected chi connectivity index (χ2v) is 6.01. The van der Waals surface area contributed by atoms with Crippen molar-refractivity contribution in [1.29, 1.82) is 0 Å². The Hall–Kier alpha value is -1.55. The predicted octanol–water partition coefficient (Wildman–Crippen LogP) is 4.78. The van der Waals surface area contributed by atoms with E-state index in [0.29, 0.717) is 5.69 Å². The molecule has 0 bridgehead atoms. The van der Waals surface area contributed by atoms with Crippen LogP contribution in [0.2, 0.25) is 0 Å². The first-order valence-electron chi connectivity index (χ1n) is 6.67. The van der Waals surface area contributed by atoms with Crippen molar-refractivity contribution in [2.45, 2.75) is 25.3 Å². The molecule has 0 fully saturated rings. The van der Waals surface area contributed by atoms with Crippen LogP contribution in [-0.4, -0.2) is 5.11 Å². The van der Waals surface area contributed by atoms with Gasteiger partial charge in [-0.25, -0.2) is 4.39 Å². The molecule has 20 heavy (non-hydrogen) atoms. The van der Waals surface area contributed by atoms with E-state index in [9.17, 15) is 9.50 Å². The van der Waals surface area contributed by atoms with Crippen molar-refractivity contribution in [2.24, 2.45) is 0 Å². The molecule has 2 N–H and O–H groups in total. The number of fused-ring (bicyclic) bond motifs is 1. The smallest absolute Gasteiger partial charge is 0.146 e. The Bertz CT molecular complexity index is 644. The molecule has 0 spiro atoms. The minimum absolute atomic E-state index is 0.0862. The normalized spacial score (nSPS) is 17.6. The number of aryl methyl sites for hydroxylation is 1. The molecule has 0 saturated carbocycles. The highest BCUT2D eigenvalue weighted by molar-refractivity contribution is 9.10. The van der Waals surface area contributed by atoms with Gasteiger partial charge in [0.25, 0.3) is 0 Å². The molecule has 0 heterocycles. The number of aromatic hydroxyl groups is 1. The van der Waals surface area contributed by atoms with E-state index in [0.717, 1.165) is 34.9 Å². The molecule has 2 aromatic rings. The molecule has 2 aromatic carbocycles. The molecule has 0 aromatic heterocycles. The van der Waals surface area contributed by atoms with Gasteiger partial charge in [-0.3, -0.25) is 0 Å². The number of phenolic OH excluding ortho intramolecular Hbond substituents is 1. The maximum atomic E-state index is 13.8. The van der Waals surface area contributed by atoms with E-state index in [1.165, 1.54) is 6.07 Å². The molecule has 1 aliphatic rings. The second kappa shape index (κ2) is 5.44. The highest BCUT2D eigenvalue weighted by Crippen LogP contribution is 2.35. The summed E-state index contributed by atoms with van der Waals surface area (Å²) in [6, 6.07) is 10.4. The van der Waals surface area contributed by atoms with Crippen molar-refractivity contribution in [3.63, 3.8) is 0 Å². The molecule has 1 unspecified atom stereocenters. The highest BCUT2D eigenvalue weighted by atomic mass is 79.9. The number of rotatable bonds is 2. The fourth-order valence-electron chi connectivity index (χ4n) is 2.75. The van der Waals surface area contributed by atoms with E-state index < -0.39 is 0 Å². The van der Waals surface area contributed by atoms with Crippen molar-refractivity contribution in [3.05, 3.63) is 57.8 Å². The fourth-order valence-corrected chi connectivity index (χ4v) is 3.11. The third-order valence-corrected chi connectivity index (χ3v) is 4.19. The summed E-state index contributed by atoms with van der Waals surface area (Å²) < 4.78 is 14.7. The Morgan fingerprint density at radius 2 is 2.05 bits per heavy atom. The van der Waals surface area contributed by atoms with Crippen LogP contribution < -0.4 is 5.32 Å². The minimum Gasteiger partial charge on any atom is -0.508 e. The van der Waals surface area contributed by atoms with Crippen LogP contribution in [0.15, 0.2) is 40.9 Å². The van der Waals surface area contributed by atoms with Crippen LogP contribution in [0, 0.1) is 5.82 Å². The SMILES string of the molecule is Oc1ccc2c(c1)CCCC2Nc1cc(Br)ccc1F. The van der Waals surface area contributed by atoms with Gasteiger partial charge in [-0.2, -0.15) is 0 Å². The quantitative estimate of drug-likeness (QED) is 0.827. The van der Waals surface area contributed by atoms with Gasteiger partial charge >= 0.3 is 0 Å². The van der Waals surface area contributed by atoms with Crippen molar-refractivity contribution >= 4 is 21.6 Å². The largest absolute Gasteiger partial charge is 0.508 e. The van der Waals surface area contributed by atoms with Crippen LogP contribution in [0.3, 0.4) is 0 Å². The lowest BCUT2D eigenvalue weighted by Gasteiger charge is -2.27. The second-order valence-electron chi connectivity index (χ2n) is 5.10. The zero-order valence-electron chi connectivity index (χ0n) is 10.9. The average Bonchev–Trinajstić information content (AvgIpc) is 2.43. The molecule has 0 amide bonds. The molecule has 1 aliphatic carbocycles. The molecular weight excluding hydrogens is 321 g/mol. The first-order valence-corrected chi connectivity index (χ1v) is 7.46. The van der Waals surface area contributed by atoms with Crippen LogP contribution >= 0.6 is 15.9 Å². The van der Waals surface area contributed by atoms with Gasteiger partial charge in [0, 0.05) is 4.47 Å². The van der Waals surface area contributed by atoms with E-state index >= 15 is 0 Å². The van der Waals surface area contributed by atoms with Crippen LogP contribution in [0.1, 0.15) is 30.0 Å². The first-order chi connectivity index (χ1) is 9.63. The summed E-state index contributed by atoms with van der Waals surface area (Å²) in [5.74, 6) is 0.0390. The average molecular weight is 336 g/mol. The van der Waals surface area contributed by atoms with Gasteiger partial charge in [0.15, 0.2) is 0 Å². The summed E-state index contributed by atoms with van der Waals surface area (Å²) in [6.45, 7) is 0. The van der Waals surface area contributed by atoms with Crippen molar-refractivity contribution in [1.82, 2.24) is 0 Å². The first kappa shape index (κ1) is 13.4. The molecule has 0 radical (unpaired) electrons. The maximum absolute atomic E-state index is 13.8. The van der Waals surface area contributed by atoms with Crippen molar-refractivity contribution < 1.29 is 9.50 Å². The summed E-state index contributed by atoms with van der Waals surface area (Å²) >= 11 is 3.36. The Labute approximate surface area is 125 Å². The number of nitrogens with one attached hydrogen (secondary N) is 1. The van der Waals surface area contributed by atoms with Gasteiger partial charge in [0.1, 0.15) is 11.6 Å². The molecule has 0 aliphatic heterocycles. The predicted molar refractivity (Wildman–Crippen MR) is 81.5 cm³/mol. The summed E-state index contributed by atoms with van der Waals surface area (Å²) in [4.78, 5) is 0. The summed E-state index contributed by atoms with van der Waals surface area (Å²) in [6.07, 6.45) is 2.95. The van der Waals surface area contributed by atoms with Crippen LogP contribution in [0.4, 0.5) is 10.1 Å². The molecule has 4 heteroatoms. The molecular formula is C16H15BrFNO. The Balaban J connectivity index is 1.91. The number of halogens is 2. The van der Waals surface area contributed by atoms with Gasteiger partial charge < -0.3 is 10.4 Å². The molecule has 2 nitrogen and oxygen atoms in total. The van der Waals surface area contributed by atoms with E-state index in [-0.39, 0.29) is 17.6 Å². The van der Waals surface area contributed by atoms with E-state index in [1.54, 1.807) is 24.3 Å². The Kier molecular flexibility index (Phi) is 3.66. The molecule has 104 valence electrons. The maximum Gasteiger partial charge on any atom is 0.146 e. The van der Waals surface area contributed by atoms with E-state index in [4.69, 9.17) is 0 Å². The number of phenols is 1. The van der Waals surface area contributed by atoms with Gasteiger partial charge in [-0.15, -0.1) is 0 Å². The monoisotopic (exact) mass is 335 g/mol. The number of hydrogen-bond donors (Lipinski definition) is 2. The Morgan fingerprint density at radius 1 is 1.20 bits per heavy atom. The van der Waals surface area contributed by atoms with Gasteiger partial charge in [-0.1, -0.05) is 22.0 Å². The lowest BCUT2D eigenvalue weighted by molar-refractivity contribution is 0.472. The summed E-state index contributed by atoms with van der Waals surface area (Å²) in [5.41, 5.74) is 2.79. The van der Waals surface area contributed by atoms with Gasteiger partial charge in [-0.05, 0) is 60.7 Å². The highest BCUT2D eigenvalue weighted by Gasteiger charge is 2.21. The zero-order valence-corrected chi connectivity index (χ0v) is 12.5. The fraction of sp³-hybridized carbons (Fsp3) is 0.250. The lowest BCUT2D eigenvalue weighted by atomic mass is 9.87. The number of benzene rings is 2. The Morgan fingerprint density at radius 3 is 2.90 bits per heavy atom. The van der Waals surface area contributed by atoms with Crippen LogP contribution in [0.5, 0.6) is 5.75 Å². The zero-order chi connectivity index (χ0) is 14.1.